The molecule has 6 heteroatoms. The molecule has 2 aromatic rings. The molecule has 1 unspecified atom stereocenters. The summed E-state index contributed by atoms with van der Waals surface area (Å²) in [4.78, 5) is 18.3. The summed E-state index contributed by atoms with van der Waals surface area (Å²) in [5.41, 5.74) is 0.940. The number of rotatable bonds is 6. The Morgan fingerprint density at radius 3 is 2.68 bits per heavy atom. The van der Waals surface area contributed by atoms with Gasteiger partial charge in [0.05, 0.1) is 16.0 Å². The molecule has 0 aromatic heterocycles. The Morgan fingerprint density at radius 2 is 2.00 bits per heavy atom. The highest BCUT2D eigenvalue weighted by Gasteiger charge is 2.28. The highest BCUT2D eigenvalue weighted by atomic mass is 32.2. The SMILES string of the molecule is CCCCN1C(=Nc2ccc([N+](=O)[O-])c3ccccc23)SCC1CC. The van der Waals surface area contributed by atoms with Crippen LogP contribution in [-0.4, -0.2) is 33.3 Å². The zero-order chi connectivity index (χ0) is 17.8. The van der Waals surface area contributed by atoms with Crippen LogP contribution in [0.1, 0.15) is 33.1 Å². The molecule has 2 aromatic carbocycles. The van der Waals surface area contributed by atoms with Crippen LogP contribution in [0.15, 0.2) is 41.4 Å². The zero-order valence-electron chi connectivity index (χ0n) is 14.6. The molecule has 5 nitrogen and oxygen atoms in total. The number of amidine groups is 1. The highest BCUT2D eigenvalue weighted by molar-refractivity contribution is 8.14. The van der Waals surface area contributed by atoms with Crippen molar-refractivity contribution in [2.45, 2.75) is 39.2 Å². The number of aliphatic imine (C=N–C) groups is 1. The molecular weight excluding hydrogens is 334 g/mol. The number of thioether (sulfide) groups is 1. The summed E-state index contributed by atoms with van der Waals surface area (Å²) in [6.45, 7) is 5.44. The number of nitrogens with zero attached hydrogens (tertiary/aromatic N) is 3. The summed E-state index contributed by atoms with van der Waals surface area (Å²) >= 11 is 1.79. The van der Waals surface area contributed by atoms with Crippen molar-refractivity contribution in [3.63, 3.8) is 0 Å². The first-order valence-corrected chi connectivity index (χ1v) is 9.78. The van der Waals surface area contributed by atoms with Crippen molar-refractivity contribution >= 4 is 39.1 Å². The molecule has 1 heterocycles. The molecule has 3 rings (SSSR count). The van der Waals surface area contributed by atoms with Gasteiger partial charge in [0.2, 0.25) is 0 Å². The number of fused-ring (bicyclic) bond motifs is 1. The Kier molecular flexibility index (Phi) is 5.58. The van der Waals surface area contributed by atoms with Gasteiger partial charge in [-0.15, -0.1) is 0 Å². The first kappa shape index (κ1) is 17.7. The largest absolute Gasteiger partial charge is 0.347 e. The van der Waals surface area contributed by atoms with Gasteiger partial charge in [-0.3, -0.25) is 10.1 Å². The van der Waals surface area contributed by atoms with Gasteiger partial charge in [-0.2, -0.15) is 0 Å². The number of nitro groups is 1. The average molecular weight is 357 g/mol. The summed E-state index contributed by atoms with van der Waals surface area (Å²) in [7, 11) is 0. The Labute approximate surface area is 152 Å². The predicted molar refractivity (Wildman–Crippen MR) is 106 cm³/mol. The van der Waals surface area contributed by atoms with Crippen molar-refractivity contribution in [3.8, 4) is 0 Å². The van der Waals surface area contributed by atoms with Crippen LogP contribution in [0.2, 0.25) is 0 Å². The molecule has 1 fully saturated rings. The van der Waals surface area contributed by atoms with Crippen LogP contribution in [0.25, 0.3) is 10.8 Å². The molecule has 0 N–H and O–H groups in total. The van der Waals surface area contributed by atoms with Crippen molar-refractivity contribution in [2.24, 2.45) is 4.99 Å². The lowest BCUT2D eigenvalue weighted by Gasteiger charge is -2.25. The topological polar surface area (TPSA) is 58.7 Å². The van der Waals surface area contributed by atoms with Crippen molar-refractivity contribution in [1.29, 1.82) is 0 Å². The van der Waals surface area contributed by atoms with Crippen LogP contribution < -0.4 is 0 Å². The van der Waals surface area contributed by atoms with E-state index in [-0.39, 0.29) is 10.6 Å². The number of nitro benzene ring substituents is 1. The van der Waals surface area contributed by atoms with E-state index in [1.165, 1.54) is 0 Å². The average Bonchev–Trinajstić information content (AvgIpc) is 3.01. The normalized spacial score (nSPS) is 19.0. The first-order chi connectivity index (χ1) is 12.2. The molecule has 0 saturated carbocycles. The fourth-order valence-corrected chi connectivity index (χ4v) is 4.49. The fraction of sp³-hybridized carbons (Fsp3) is 0.421. The Hall–Kier alpha value is -2.08. The molecular formula is C19H23N3O2S. The number of non-ortho nitro benzene ring substituents is 1. The van der Waals surface area contributed by atoms with Crippen LogP contribution >= 0.6 is 11.8 Å². The van der Waals surface area contributed by atoms with Crippen LogP contribution in [0.3, 0.4) is 0 Å². The molecule has 0 spiro atoms. The maximum absolute atomic E-state index is 11.3. The van der Waals surface area contributed by atoms with Crippen LogP contribution in [0.5, 0.6) is 0 Å². The van der Waals surface area contributed by atoms with Gasteiger partial charge in [-0.05, 0) is 25.0 Å². The molecule has 0 aliphatic carbocycles. The minimum Gasteiger partial charge on any atom is -0.347 e. The third-order valence-electron chi connectivity index (χ3n) is 4.61. The molecule has 132 valence electrons. The van der Waals surface area contributed by atoms with Gasteiger partial charge in [-0.25, -0.2) is 4.99 Å². The van der Waals surface area contributed by atoms with Gasteiger partial charge in [0.25, 0.3) is 5.69 Å². The van der Waals surface area contributed by atoms with Crippen LogP contribution in [-0.2, 0) is 0 Å². The van der Waals surface area contributed by atoms with E-state index in [1.807, 2.05) is 18.2 Å². The number of hydrogen-bond donors (Lipinski definition) is 0. The van der Waals surface area contributed by atoms with E-state index >= 15 is 0 Å². The summed E-state index contributed by atoms with van der Waals surface area (Å²) < 4.78 is 0. The summed E-state index contributed by atoms with van der Waals surface area (Å²) in [6, 6.07) is 11.3. The quantitative estimate of drug-likeness (QED) is 0.515. The molecule has 25 heavy (non-hydrogen) atoms. The third kappa shape index (κ3) is 3.63. The second-order valence-corrected chi connectivity index (χ2v) is 7.21. The lowest BCUT2D eigenvalue weighted by atomic mass is 10.1. The molecule has 0 amide bonds. The fourth-order valence-electron chi connectivity index (χ4n) is 3.17. The molecule has 0 bridgehead atoms. The van der Waals surface area contributed by atoms with E-state index in [0.29, 0.717) is 11.4 Å². The second-order valence-electron chi connectivity index (χ2n) is 6.22. The van der Waals surface area contributed by atoms with Gasteiger partial charge in [-0.1, -0.05) is 50.2 Å². The first-order valence-electron chi connectivity index (χ1n) is 8.80. The van der Waals surface area contributed by atoms with Crippen molar-refractivity contribution < 1.29 is 4.92 Å². The number of hydrogen-bond acceptors (Lipinski definition) is 4. The summed E-state index contributed by atoms with van der Waals surface area (Å²) in [5.74, 6) is 1.06. The third-order valence-corrected chi connectivity index (χ3v) is 5.74. The Morgan fingerprint density at radius 1 is 1.24 bits per heavy atom. The van der Waals surface area contributed by atoms with Crippen molar-refractivity contribution in [2.75, 3.05) is 12.3 Å². The lowest BCUT2D eigenvalue weighted by molar-refractivity contribution is -0.383. The highest BCUT2D eigenvalue weighted by Crippen LogP contribution is 2.35. The summed E-state index contributed by atoms with van der Waals surface area (Å²) in [5, 5.41) is 13.8. The maximum Gasteiger partial charge on any atom is 0.277 e. The van der Waals surface area contributed by atoms with Gasteiger partial charge in [0.1, 0.15) is 0 Å². The molecule has 1 saturated heterocycles. The lowest BCUT2D eigenvalue weighted by Crippen LogP contribution is -2.34. The monoisotopic (exact) mass is 357 g/mol. The maximum atomic E-state index is 11.3. The standard InChI is InChI=1S/C19H23N3O2S/c1-3-5-12-21-14(4-2)13-25-19(21)20-17-10-11-18(22(23)24)16-9-7-6-8-15(16)17/h6-11,14H,3-5,12-13H2,1-2H3. The van der Waals surface area contributed by atoms with Crippen molar-refractivity contribution in [1.82, 2.24) is 4.90 Å². The van der Waals surface area contributed by atoms with E-state index in [9.17, 15) is 10.1 Å². The van der Waals surface area contributed by atoms with Gasteiger partial charge >= 0.3 is 0 Å². The van der Waals surface area contributed by atoms with Crippen molar-refractivity contribution in [3.05, 3.63) is 46.5 Å². The number of unbranched alkanes of at least 4 members (excludes halogenated alkanes) is 1. The number of benzene rings is 2. The Balaban J connectivity index is 2.03. The molecule has 1 atom stereocenters. The predicted octanol–water partition coefficient (Wildman–Crippen LogP) is 5.36. The minimum atomic E-state index is -0.329. The van der Waals surface area contributed by atoms with E-state index < -0.39 is 0 Å². The van der Waals surface area contributed by atoms with Gasteiger partial charge in [0, 0.05) is 29.8 Å². The zero-order valence-corrected chi connectivity index (χ0v) is 15.5. The molecule has 1 aliphatic heterocycles. The van der Waals surface area contributed by atoms with E-state index in [2.05, 4.69) is 18.7 Å². The van der Waals surface area contributed by atoms with Crippen LogP contribution in [0, 0.1) is 10.1 Å². The summed E-state index contributed by atoms with van der Waals surface area (Å²) in [6.07, 6.45) is 3.42. The van der Waals surface area contributed by atoms with E-state index in [1.54, 1.807) is 30.0 Å². The molecule has 0 radical (unpaired) electrons. The van der Waals surface area contributed by atoms with E-state index in [0.717, 1.165) is 47.8 Å². The van der Waals surface area contributed by atoms with Crippen LogP contribution in [0.4, 0.5) is 11.4 Å². The van der Waals surface area contributed by atoms with E-state index in [4.69, 9.17) is 4.99 Å². The van der Waals surface area contributed by atoms with Gasteiger partial charge < -0.3 is 4.90 Å². The minimum absolute atomic E-state index is 0.132. The second kappa shape index (κ2) is 7.87. The smallest absolute Gasteiger partial charge is 0.277 e. The van der Waals surface area contributed by atoms with Gasteiger partial charge in [0.15, 0.2) is 5.17 Å². The molecule has 1 aliphatic rings. The Bertz CT molecular complexity index is 806.